The molecule has 0 aliphatic rings. The van der Waals surface area contributed by atoms with E-state index >= 15 is 0 Å². The van der Waals surface area contributed by atoms with E-state index in [2.05, 4.69) is 15.1 Å². The average Bonchev–Trinajstić information content (AvgIpc) is 3.11. The Hall–Kier alpha value is -3.40. The van der Waals surface area contributed by atoms with Gasteiger partial charge in [0.1, 0.15) is 11.5 Å². The van der Waals surface area contributed by atoms with Gasteiger partial charge >= 0.3 is 0 Å². The van der Waals surface area contributed by atoms with E-state index in [4.69, 9.17) is 15.2 Å². The first-order valence-electron chi connectivity index (χ1n) is 9.45. The summed E-state index contributed by atoms with van der Waals surface area (Å²) in [6.45, 7) is 4.00. The van der Waals surface area contributed by atoms with Gasteiger partial charge in [0.25, 0.3) is 5.78 Å². The van der Waals surface area contributed by atoms with Gasteiger partial charge in [-0.05, 0) is 26.0 Å². The van der Waals surface area contributed by atoms with E-state index in [9.17, 15) is 9.90 Å². The van der Waals surface area contributed by atoms with E-state index in [0.717, 1.165) is 16.8 Å². The van der Waals surface area contributed by atoms with Crippen LogP contribution in [0.1, 0.15) is 22.5 Å². The van der Waals surface area contributed by atoms with Crippen molar-refractivity contribution in [1.29, 1.82) is 0 Å². The van der Waals surface area contributed by atoms with Crippen LogP contribution in [0.2, 0.25) is 0 Å². The molecule has 30 heavy (non-hydrogen) atoms. The summed E-state index contributed by atoms with van der Waals surface area (Å²) >= 11 is 0. The van der Waals surface area contributed by atoms with Crippen molar-refractivity contribution in [3.63, 3.8) is 0 Å². The number of fused-ring (bicyclic) bond motifs is 1. The minimum atomic E-state index is -0.154. The summed E-state index contributed by atoms with van der Waals surface area (Å²) in [7, 11) is 3.14. The lowest BCUT2D eigenvalue weighted by atomic mass is 10.1. The molecule has 2 heterocycles. The molecular weight excluding hydrogens is 388 g/mol. The van der Waals surface area contributed by atoms with Crippen LogP contribution in [0.15, 0.2) is 18.2 Å². The van der Waals surface area contributed by atoms with Crippen LogP contribution < -0.4 is 15.2 Å². The number of carbonyl (C=O) groups is 1. The maximum atomic E-state index is 13.1. The predicted molar refractivity (Wildman–Crippen MR) is 110 cm³/mol. The van der Waals surface area contributed by atoms with Gasteiger partial charge in [-0.3, -0.25) is 4.79 Å². The van der Waals surface area contributed by atoms with Gasteiger partial charge in [0.15, 0.2) is 0 Å². The molecule has 2 aromatic heterocycles. The Morgan fingerprint density at radius 1 is 1.23 bits per heavy atom. The quantitative estimate of drug-likeness (QED) is 0.556. The fraction of sp³-hybridized carbons (Fsp3) is 0.400. The van der Waals surface area contributed by atoms with Crippen LogP contribution in [0.25, 0.3) is 5.78 Å². The van der Waals surface area contributed by atoms with Crippen LogP contribution in [0.5, 0.6) is 11.5 Å². The maximum absolute atomic E-state index is 13.1. The molecule has 0 aliphatic heterocycles. The number of hydrogen-bond acceptors (Lipinski definition) is 8. The van der Waals surface area contributed by atoms with Crippen molar-refractivity contribution < 1.29 is 19.4 Å². The highest BCUT2D eigenvalue weighted by Crippen LogP contribution is 2.26. The first-order valence-corrected chi connectivity index (χ1v) is 9.45. The van der Waals surface area contributed by atoms with Gasteiger partial charge in [0.05, 0.1) is 27.2 Å². The number of ether oxygens (including phenoxy) is 2. The lowest BCUT2D eigenvalue weighted by Gasteiger charge is -2.24. The number of rotatable bonds is 8. The average molecular weight is 414 g/mol. The molecule has 160 valence electrons. The molecule has 3 aromatic rings. The Kier molecular flexibility index (Phi) is 6.36. The lowest BCUT2D eigenvalue weighted by molar-refractivity contribution is -0.131. The van der Waals surface area contributed by atoms with Crippen molar-refractivity contribution in [2.45, 2.75) is 26.8 Å². The Balaban J connectivity index is 1.87. The van der Waals surface area contributed by atoms with E-state index in [1.54, 1.807) is 31.3 Å². The number of aromatic nitrogens is 4. The molecule has 0 fully saturated rings. The summed E-state index contributed by atoms with van der Waals surface area (Å²) in [5.74, 6) is 1.64. The molecule has 0 atom stereocenters. The van der Waals surface area contributed by atoms with Crippen LogP contribution in [-0.2, 0) is 17.8 Å². The number of nitrogen functional groups attached to an aromatic ring is 1. The number of hydrogen-bond donors (Lipinski definition) is 2. The Morgan fingerprint density at radius 2 is 2.00 bits per heavy atom. The molecule has 0 saturated heterocycles. The van der Waals surface area contributed by atoms with Crippen molar-refractivity contribution in [1.82, 2.24) is 24.5 Å². The zero-order valence-electron chi connectivity index (χ0n) is 17.5. The van der Waals surface area contributed by atoms with Crippen molar-refractivity contribution >= 4 is 17.6 Å². The smallest absolute Gasteiger partial charge is 0.254 e. The summed E-state index contributed by atoms with van der Waals surface area (Å²) in [4.78, 5) is 23.2. The van der Waals surface area contributed by atoms with Gasteiger partial charge in [0.2, 0.25) is 11.9 Å². The van der Waals surface area contributed by atoms with Crippen LogP contribution in [-0.4, -0.2) is 62.9 Å². The number of methoxy groups -OCH3 is 2. The molecule has 1 amide bonds. The second-order valence-electron chi connectivity index (χ2n) is 6.84. The number of amides is 1. The fourth-order valence-corrected chi connectivity index (χ4v) is 3.34. The number of aliphatic hydroxyl groups excluding tert-OH is 1. The molecule has 10 nitrogen and oxygen atoms in total. The number of nitrogens with zero attached hydrogens (tertiary/aromatic N) is 5. The number of anilines is 1. The van der Waals surface area contributed by atoms with Gasteiger partial charge < -0.3 is 25.2 Å². The topological polar surface area (TPSA) is 128 Å². The van der Waals surface area contributed by atoms with E-state index in [1.807, 2.05) is 19.9 Å². The molecule has 1 aromatic carbocycles. The number of carbonyl (C=O) groups excluding carboxylic acids is 1. The van der Waals surface area contributed by atoms with E-state index in [-0.39, 0.29) is 38.0 Å². The molecule has 3 rings (SSSR count). The standard InChI is InChI=1S/C20H26N6O4/c1-12-16(13(2)26-20(22-12)23-19(21)24-26)10-18(28)25(7-8-27)11-14-5-6-15(29-3)9-17(14)30-4/h5-6,9,27H,7-8,10-11H2,1-4H3,(H2,21,24). The van der Waals surface area contributed by atoms with Gasteiger partial charge in [-0.1, -0.05) is 0 Å². The molecular formula is C20H26N6O4. The zero-order chi connectivity index (χ0) is 21.8. The molecule has 0 saturated carbocycles. The zero-order valence-corrected chi connectivity index (χ0v) is 17.5. The molecule has 0 bridgehead atoms. The van der Waals surface area contributed by atoms with E-state index in [0.29, 0.717) is 23.0 Å². The molecule has 0 radical (unpaired) electrons. The second-order valence-corrected chi connectivity index (χ2v) is 6.84. The first kappa shape index (κ1) is 21.3. The number of benzene rings is 1. The third-order valence-corrected chi connectivity index (χ3v) is 4.97. The van der Waals surface area contributed by atoms with E-state index in [1.165, 1.54) is 4.52 Å². The summed E-state index contributed by atoms with van der Waals surface area (Å²) in [6.07, 6.45) is 0.110. The van der Waals surface area contributed by atoms with Gasteiger partial charge in [-0.2, -0.15) is 9.50 Å². The summed E-state index contributed by atoms with van der Waals surface area (Å²) in [5.41, 5.74) is 8.68. The second kappa shape index (κ2) is 8.95. The molecule has 3 N–H and O–H groups in total. The highest BCUT2D eigenvalue weighted by atomic mass is 16.5. The summed E-state index contributed by atoms with van der Waals surface area (Å²) in [6, 6.07) is 5.41. The Bertz CT molecular complexity index is 1070. The summed E-state index contributed by atoms with van der Waals surface area (Å²) in [5, 5.41) is 13.6. The minimum Gasteiger partial charge on any atom is -0.497 e. The number of aliphatic hydroxyl groups is 1. The molecule has 10 heteroatoms. The Labute approximate surface area is 174 Å². The van der Waals surface area contributed by atoms with Crippen molar-refractivity contribution in [2.24, 2.45) is 0 Å². The lowest BCUT2D eigenvalue weighted by Crippen LogP contribution is -2.35. The maximum Gasteiger partial charge on any atom is 0.254 e. The molecule has 0 spiro atoms. The van der Waals surface area contributed by atoms with Gasteiger partial charge in [-0.25, -0.2) is 4.98 Å². The normalized spacial score (nSPS) is 11.0. The van der Waals surface area contributed by atoms with Gasteiger partial charge in [0, 0.05) is 41.7 Å². The third-order valence-electron chi connectivity index (χ3n) is 4.97. The highest BCUT2D eigenvalue weighted by Gasteiger charge is 2.21. The van der Waals surface area contributed by atoms with Crippen molar-refractivity contribution in [3.8, 4) is 11.5 Å². The number of nitrogens with two attached hydrogens (primary N) is 1. The van der Waals surface area contributed by atoms with Crippen LogP contribution in [0, 0.1) is 13.8 Å². The SMILES string of the molecule is COc1ccc(CN(CCO)C(=O)Cc2c(C)nc3nc(N)nn3c2C)c(OC)c1. The summed E-state index contributed by atoms with van der Waals surface area (Å²) < 4.78 is 12.2. The van der Waals surface area contributed by atoms with E-state index < -0.39 is 0 Å². The predicted octanol–water partition coefficient (Wildman–Crippen LogP) is 0.904. The fourth-order valence-electron chi connectivity index (χ4n) is 3.34. The van der Waals surface area contributed by atoms with Crippen LogP contribution in [0.4, 0.5) is 5.95 Å². The van der Waals surface area contributed by atoms with Crippen molar-refractivity contribution in [2.75, 3.05) is 33.1 Å². The number of aryl methyl sites for hydroxylation is 2. The highest BCUT2D eigenvalue weighted by molar-refractivity contribution is 5.79. The molecule has 0 unspecified atom stereocenters. The third kappa shape index (κ3) is 4.28. The monoisotopic (exact) mass is 414 g/mol. The van der Waals surface area contributed by atoms with Crippen LogP contribution in [0.3, 0.4) is 0 Å². The largest absolute Gasteiger partial charge is 0.497 e. The van der Waals surface area contributed by atoms with Gasteiger partial charge in [-0.15, -0.1) is 5.10 Å². The minimum absolute atomic E-state index is 0.110. The Morgan fingerprint density at radius 3 is 2.67 bits per heavy atom. The van der Waals surface area contributed by atoms with Crippen LogP contribution >= 0.6 is 0 Å². The molecule has 0 aliphatic carbocycles. The van der Waals surface area contributed by atoms with Crippen molar-refractivity contribution in [3.05, 3.63) is 40.7 Å². The first-order chi connectivity index (χ1) is 14.4.